The van der Waals surface area contributed by atoms with Gasteiger partial charge in [-0.15, -0.1) is 18.3 Å². The Morgan fingerprint density at radius 1 is 1.12 bits per heavy atom. The highest BCUT2D eigenvalue weighted by Crippen LogP contribution is 2.33. The quantitative estimate of drug-likeness (QED) is 0.621. The van der Waals surface area contributed by atoms with Gasteiger partial charge in [0.2, 0.25) is 10.0 Å². The SMILES string of the molecule is O=C(c1cn(C[C@H]2CCCN(S(=O)(=O)c3ccccc3OC(F)(F)F)C2)nn1)N1CCCC1. The highest BCUT2D eigenvalue weighted by atomic mass is 32.2. The molecule has 1 aromatic heterocycles. The fourth-order valence-corrected chi connectivity index (χ4v) is 5.91. The van der Waals surface area contributed by atoms with Crippen LogP contribution < -0.4 is 4.74 Å². The minimum Gasteiger partial charge on any atom is -0.404 e. The number of halogens is 3. The van der Waals surface area contributed by atoms with E-state index in [2.05, 4.69) is 15.0 Å². The molecule has 4 rings (SSSR count). The third-order valence-electron chi connectivity index (χ3n) is 5.77. The van der Waals surface area contributed by atoms with Crippen LogP contribution in [0.2, 0.25) is 0 Å². The van der Waals surface area contributed by atoms with Gasteiger partial charge in [0.1, 0.15) is 10.6 Å². The summed E-state index contributed by atoms with van der Waals surface area (Å²) in [6.07, 6.45) is -0.275. The second kappa shape index (κ2) is 9.29. The lowest BCUT2D eigenvalue weighted by atomic mass is 10.00. The van der Waals surface area contributed by atoms with E-state index in [0.717, 1.165) is 25.0 Å². The van der Waals surface area contributed by atoms with Crippen molar-refractivity contribution in [3.05, 3.63) is 36.2 Å². The zero-order valence-electron chi connectivity index (χ0n) is 17.7. The number of carbonyl (C=O) groups excluding carboxylic acids is 1. The van der Waals surface area contributed by atoms with Gasteiger partial charge in [-0.25, -0.2) is 8.42 Å². The Bertz CT molecular complexity index is 1100. The molecule has 2 aromatic rings. The summed E-state index contributed by atoms with van der Waals surface area (Å²) in [7, 11) is -4.21. The Hall–Kier alpha value is -2.67. The van der Waals surface area contributed by atoms with Crippen LogP contribution in [0.4, 0.5) is 13.2 Å². The maximum absolute atomic E-state index is 13.1. The summed E-state index contributed by atoms with van der Waals surface area (Å²) in [5.74, 6) is -1.07. The Labute approximate surface area is 189 Å². The van der Waals surface area contributed by atoms with Crippen LogP contribution in [0.15, 0.2) is 35.4 Å². The molecule has 2 fully saturated rings. The van der Waals surface area contributed by atoms with E-state index >= 15 is 0 Å². The van der Waals surface area contributed by atoms with E-state index in [0.29, 0.717) is 32.5 Å². The van der Waals surface area contributed by atoms with Crippen LogP contribution in [-0.2, 0) is 16.6 Å². The van der Waals surface area contributed by atoms with E-state index < -0.39 is 27.0 Å². The number of alkyl halides is 3. The molecule has 0 spiro atoms. The van der Waals surface area contributed by atoms with Crippen molar-refractivity contribution in [2.75, 3.05) is 26.2 Å². The fourth-order valence-electron chi connectivity index (χ4n) is 4.24. The van der Waals surface area contributed by atoms with Crippen molar-refractivity contribution >= 4 is 15.9 Å². The monoisotopic (exact) mass is 487 g/mol. The number of amides is 1. The van der Waals surface area contributed by atoms with Crippen LogP contribution in [0, 0.1) is 5.92 Å². The molecule has 1 aromatic carbocycles. The van der Waals surface area contributed by atoms with Crippen molar-refractivity contribution < 1.29 is 31.1 Å². The Kier molecular flexibility index (Phi) is 6.61. The number of hydrogen-bond acceptors (Lipinski definition) is 6. The van der Waals surface area contributed by atoms with Gasteiger partial charge >= 0.3 is 6.36 Å². The Morgan fingerprint density at radius 2 is 1.85 bits per heavy atom. The highest BCUT2D eigenvalue weighted by molar-refractivity contribution is 7.89. The fraction of sp³-hybridized carbons (Fsp3) is 0.550. The van der Waals surface area contributed by atoms with Gasteiger partial charge in [0.25, 0.3) is 5.91 Å². The number of hydrogen-bond donors (Lipinski definition) is 0. The minimum atomic E-state index is -5.01. The number of para-hydroxylation sites is 1. The van der Waals surface area contributed by atoms with Crippen LogP contribution in [0.3, 0.4) is 0 Å². The van der Waals surface area contributed by atoms with Crippen LogP contribution >= 0.6 is 0 Å². The normalized spacial score (nSPS) is 20.2. The molecule has 1 atom stereocenters. The van der Waals surface area contributed by atoms with Gasteiger partial charge in [-0.1, -0.05) is 17.3 Å². The molecular weight excluding hydrogens is 463 g/mol. The van der Waals surface area contributed by atoms with E-state index in [1.54, 1.807) is 11.1 Å². The molecule has 0 aliphatic carbocycles. The second-order valence-electron chi connectivity index (χ2n) is 8.19. The molecule has 180 valence electrons. The minimum absolute atomic E-state index is 0.109. The summed E-state index contributed by atoms with van der Waals surface area (Å²) in [6, 6.07) is 4.72. The van der Waals surface area contributed by atoms with E-state index in [1.807, 2.05) is 0 Å². The summed E-state index contributed by atoms with van der Waals surface area (Å²) < 4.78 is 71.1. The lowest BCUT2D eigenvalue weighted by Gasteiger charge is -2.32. The topological polar surface area (TPSA) is 97.6 Å². The molecule has 9 nitrogen and oxygen atoms in total. The molecular formula is C20H24F3N5O4S. The van der Waals surface area contributed by atoms with Crippen LogP contribution in [0.25, 0.3) is 0 Å². The van der Waals surface area contributed by atoms with E-state index in [4.69, 9.17) is 0 Å². The van der Waals surface area contributed by atoms with Crippen molar-refractivity contribution in [3.8, 4) is 5.75 Å². The van der Waals surface area contributed by atoms with Gasteiger partial charge in [-0.2, -0.15) is 4.31 Å². The standard InChI is InChI=1S/C20H24F3N5O4S/c21-20(22,23)32-17-7-1-2-8-18(17)33(30,31)28-11-5-6-15(13-28)12-27-14-16(24-25-27)19(29)26-9-3-4-10-26/h1-2,7-8,14-15H,3-6,9-13H2/t15-/m1/s1. The molecule has 3 heterocycles. The first kappa shape index (κ1) is 23.5. The maximum Gasteiger partial charge on any atom is 0.573 e. The lowest BCUT2D eigenvalue weighted by molar-refractivity contribution is -0.275. The number of rotatable bonds is 6. The van der Waals surface area contributed by atoms with Gasteiger partial charge in [0.15, 0.2) is 5.69 Å². The molecule has 33 heavy (non-hydrogen) atoms. The van der Waals surface area contributed by atoms with Crippen molar-refractivity contribution in [1.29, 1.82) is 0 Å². The number of piperidine rings is 1. The van der Waals surface area contributed by atoms with Crippen molar-refractivity contribution in [2.45, 2.75) is 43.5 Å². The van der Waals surface area contributed by atoms with Crippen LogP contribution in [0.5, 0.6) is 5.75 Å². The molecule has 0 bridgehead atoms. The molecule has 1 amide bonds. The summed E-state index contributed by atoms with van der Waals surface area (Å²) in [5, 5.41) is 7.96. The summed E-state index contributed by atoms with van der Waals surface area (Å²) >= 11 is 0. The second-order valence-corrected chi connectivity index (χ2v) is 10.1. The maximum atomic E-state index is 13.1. The van der Waals surface area contributed by atoms with Crippen molar-refractivity contribution in [1.82, 2.24) is 24.2 Å². The zero-order chi connectivity index (χ0) is 23.6. The summed E-state index contributed by atoms with van der Waals surface area (Å²) in [5.41, 5.74) is 0.246. The van der Waals surface area contributed by atoms with Gasteiger partial charge in [0.05, 0.1) is 6.20 Å². The highest BCUT2D eigenvalue weighted by Gasteiger charge is 2.37. The number of benzene rings is 1. The van der Waals surface area contributed by atoms with E-state index in [1.165, 1.54) is 21.1 Å². The number of nitrogens with zero attached hydrogens (tertiary/aromatic N) is 5. The van der Waals surface area contributed by atoms with Crippen molar-refractivity contribution in [3.63, 3.8) is 0 Å². The average molecular weight is 488 g/mol. The molecule has 2 saturated heterocycles. The molecule has 0 radical (unpaired) electrons. The summed E-state index contributed by atoms with van der Waals surface area (Å²) in [6.45, 7) is 2.03. The average Bonchev–Trinajstić information content (AvgIpc) is 3.45. The van der Waals surface area contributed by atoms with E-state index in [-0.39, 0.29) is 30.6 Å². The lowest BCUT2D eigenvalue weighted by Crippen LogP contribution is -2.41. The van der Waals surface area contributed by atoms with E-state index in [9.17, 15) is 26.4 Å². The van der Waals surface area contributed by atoms with Gasteiger partial charge in [-0.05, 0) is 43.7 Å². The number of sulfonamides is 1. The first-order chi connectivity index (χ1) is 15.6. The first-order valence-electron chi connectivity index (χ1n) is 10.7. The number of ether oxygens (including phenoxy) is 1. The third-order valence-corrected chi connectivity index (χ3v) is 7.68. The van der Waals surface area contributed by atoms with Gasteiger partial charge in [-0.3, -0.25) is 9.48 Å². The van der Waals surface area contributed by atoms with Crippen molar-refractivity contribution in [2.24, 2.45) is 5.92 Å². The molecule has 0 N–H and O–H groups in total. The largest absolute Gasteiger partial charge is 0.573 e. The first-order valence-corrected chi connectivity index (χ1v) is 12.1. The van der Waals surface area contributed by atoms with Gasteiger partial charge < -0.3 is 9.64 Å². The van der Waals surface area contributed by atoms with Gasteiger partial charge in [0, 0.05) is 32.7 Å². The molecule has 2 aliphatic rings. The number of aromatic nitrogens is 3. The third kappa shape index (κ3) is 5.46. The summed E-state index contributed by atoms with van der Waals surface area (Å²) in [4.78, 5) is 13.7. The Morgan fingerprint density at radius 3 is 2.58 bits per heavy atom. The molecule has 2 aliphatic heterocycles. The van der Waals surface area contributed by atoms with Crippen LogP contribution in [-0.4, -0.2) is 71.1 Å². The number of likely N-dealkylation sites (tertiary alicyclic amines) is 1. The predicted molar refractivity (Wildman–Crippen MR) is 110 cm³/mol. The smallest absolute Gasteiger partial charge is 0.404 e. The number of carbonyl (C=O) groups is 1. The molecule has 13 heteroatoms. The Balaban J connectivity index is 1.45. The van der Waals surface area contributed by atoms with Crippen LogP contribution in [0.1, 0.15) is 36.2 Å². The zero-order valence-corrected chi connectivity index (χ0v) is 18.6. The molecule has 0 unspecified atom stereocenters. The molecule has 0 saturated carbocycles. The predicted octanol–water partition coefficient (Wildman–Crippen LogP) is 2.51.